The van der Waals surface area contributed by atoms with Gasteiger partial charge in [0.2, 0.25) is 0 Å². The quantitative estimate of drug-likeness (QED) is 0.683. The predicted octanol–water partition coefficient (Wildman–Crippen LogP) is 4.05. The summed E-state index contributed by atoms with van der Waals surface area (Å²) in [5.74, 6) is 0.279. The predicted molar refractivity (Wildman–Crippen MR) is 82.2 cm³/mol. The van der Waals surface area contributed by atoms with Crippen LogP contribution in [-0.2, 0) is 0 Å². The van der Waals surface area contributed by atoms with E-state index in [1.54, 1.807) is 19.3 Å². The maximum absolute atomic E-state index is 13.6. The highest BCUT2D eigenvalue weighted by molar-refractivity contribution is 7.11. The highest BCUT2D eigenvalue weighted by Crippen LogP contribution is 2.27. The molecule has 1 aromatic carbocycles. The summed E-state index contributed by atoms with van der Waals surface area (Å²) in [5.41, 5.74) is 0.729. The van der Waals surface area contributed by atoms with Gasteiger partial charge in [-0.15, -0.1) is 11.3 Å². The second-order valence-electron chi connectivity index (χ2n) is 4.16. The van der Waals surface area contributed by atoms with Crippen molar-refractivity contribution in [3.05, 3.63) is 51.2 Å². The Morgan fingerprint density at radius 1 is 1.55 bits per heavy atom. The molecule has 0 spiro atoms. The zero-order chi connectivity index (χ0) is 14.5. The Labute approximate surface area is 126 Å². The number of benzene rings is 1. The summed E-state index contributed by atoms with van der Waals surface area (Å²) in [4.78, 5) is 8.44. The number of aliphatic imine (C=N–C) groups is 1. The molecule has 0 aliphatic rings. The number of halogens is 2. The van der Waals surface area contributed by atoms with E-state index in [0.29, 0.717) is 5.84 Å². The van der Waals surface area contributed by atoms with Crippen molar-refractivity contribution in [2.24, 2.45) is 4.99 Å². The van der Waals surface area contributed by atoms with Crippen LogP contribution in [0.5, 0.6) is 0 Å². The van der Waals surface area contributed by atoms with Crippen LogP contribution in [-0.4, -0.2) is 17.9 Å². The van der Waals surface area contributed by atoms with Crippen LogP contribution in [0.1, 0.15) is 30.0 Å². The van der Waals surface area contributed by atoms with Crippen molar-refractivity contribution in [3.63, 3.8) is 0 Å². The molecule has 20 heavy (non-hydrogen) atoms. The average Bonchev–Trinajstić information content (AvgIpc) is 2.98. The number of aromatic nitrogens is 1. The smallest absolute Gasteiger partial charge is 0.158 e. The molecular formula is C14H15ClFN3S. The molecule has 1 N–H and O–H groups in total. The van der Waals surface area contributed by atoms with Gasteiger partial charge in [0.15, 0.2) is 10.8 Å². The first kappa shape index (κ1) is 14.9. The van der Waals surface area contributed by atoms with Crippen LogP contribution in [0.4, 0.5) is 4.39 Å². The topological polar surface area (TPSA) is 37.3 Å². The number of rotatable bonds is 4. The molecule has 0 unspecified atom stereocenters. The molecule has 0 saturated heterocycles. The Kier molecular flexibility index (Phi) is 5.09. The second-order valence-corrected chi connectivity index (χ2v) is 5.43. The molecule has 2 aromatic rings. The molecule has 106 valence electrons. The van der Waals surface area contributed by atoms with E-state index in [9.17, 15) is 4.39 Å². The number of hydrogen-bond acceptors (Lipinski definition) is 3. The largest absolute Gasteiger partial charge is 0.361 e. The molecule has 1 heterocycles. The van der Waals surface area contributed by atoms with Crippen molar-refractivity contribution >= 4 is 28.8 Å². The third kappa shape index (κ3) is 3.16. The van der Waals surface area contributed by atoms with Gasteiger partial charge < -0.3 is 5.32 Å². The van der Waals surface area contributed by atoms with Crippen molar-refractivity contribution < 1.29 is 4.39 Å². The monoisotopic (exact) mass is 311 g/mol. The van der Waals surface area contributed by atoms with E-state index in [4.69, 9.17) is 11.6 Å². The van der Waals surface area contributed by atoms with E-state index < -0.39 is 5.82 Å². The highest BCUT2D eigenvalue weighted by Gasteiger charge is 2.18. The van der Waals surface area contributed by atoms with Gasteiger partial charge in [0.05, 0.1) is 11.1 Å². The summed E-state index contributed by atoms with van der Waals surface area (Å²) in [6.07, 6.45) is 2.48. The van der Waals surface area contributed by atoms with Crippen LogP contribution < -0.4 is 5.32 Å². The van der Waals surface area contributed by atoms with Gasteiger partial charge in [0, 0.05) is 18.6 Å². The van der Waals surface area contributed by atoms with E-state index in [2.05, 4.69) is 15.3 Å². The maximum Gasteiger partial charge on any atom is 0.158 e. The van der Waals surface area contributed by atoms with Crippen molar-refractivity contribution in [1.29, 1.82) is 0 Å². The zero-order valence-corrected chi connectivity index (χ0v) is 12.8. The van der Waals surface area contributed by atoms with Gasteiger partial charge in [-0.1, -0.05) is 30.7 Å². The van der Waals surface area contributed by atoms with Crippen LogP contribution in [0.2, 0.25) is 5.02 Å². The van der Waals surface area contributed by atoms with Crippen molar-refractivity contribution in [2.45, 2.75) is 19.4 Å². The van der Waals surface area contributed by atoms with Crippen LogP contribution in [0.3, 0.4) is 0 Å². The van der Waals surface area contributed by atoms with Gasteiger partial charge in [-0.3, -0.25) is 4.99 Å². The molecule has 3 nitrogen and oxygen atoms in total. The van der Waals surface area contributed by atoms with Crippen LogP contribution in [0.15, 0.2) is 34.8 Å². The fourth-order valence-electron chi connectivity index (χ4n) is 1.92. The molecule has 0 saturated carbocycles. The minimum Gasteiger partial charge on any atom is -0.361 e. The van der Waals surface area contributed by atoms with Gasteiger partial charge >= 0.3 is 0 Å². The summed E-state index contributed by atoms with van der Waals surface area (Å²) in [6, 6.07) is 4.73. The Morgan fingerprint density at radius 3 is 2.95 bits per heavy atom. The van der Waals surface area contributed by atoms with E-state index >= 15 is 0 Å². The number of amidine groups is 1. The molecule has 0 radical (unpaired) electrons. The number of thiazole rings is 1. The highest BCUT2D eigenvalue weighted by atomic mass is 35.5. The average molecular weight is 312 g/mol. The van der Waals surface area contributed by atoms with Gasteiger partial charge in [0.1, 0.15) is 5.82 Å². The summed E-state index contributed by atoms with van der Waals surface area (Å²) in [6.45, 7) is 2.01. The summed E-state index contributed by atoms with van der Waals surface area (Å²) in [7, 11) is 1.70. The standard InChI is InChI=1S/C14H15ClFN3S/c1-3-11(9-5-4-6-10(16)12(9)15)19-13(17-2)14-18-7-8-20-14/h4-8,11H,3H2,1-2H3,(H,17,19)/t11-/m1/s1. The van der Waals surface area contributed by atoms with Gasteiger partial charge in [-0.05, 0) is 18.1 Å². The van der Waals surface area contributed by atoms with Gasteiger partial charge in [-0.25, -0.2) is 9.37 Å². The van der Waals surface area contributed by atoms with Crippen LogP contribution in [0.25, 0.3) is 0 Å². The third-order valence-electron chi connectivity index (χ3n) is 2.93. The number of nitrogens with zero attached hydrogens (tertiary/aromatic N) is 2. The second kappa shape index (κ2) is 6.81. The normalized spacial score (nSPS) is 13.3. The number of nitrogens with one attached hydrogen (secondary N) is 1. The lowest BCUT2D eigenvalue weighted by molar-refractivity contribution is 0.598. The Morgan fingerprint density at radius 2 is 2.35 bits per heavy atom. The van der Waals surface area contributed by atoms with Crippen LogP contribution >= 0.6 is 22.9 Å². The van der Waals surface area contributed by atoms with E-state index in [0.717, 1.165) is 17.0 Å². The Bertz CT molecular complexity index is 598. The first-order valence-electron chi connectivity index (χ1n) is 6.24. The Balaban J connectivity index is 2.27. The third-order valence-corrected chi connectivity index (χ3v) is 4.11. The van der Waals surface area contributed by atoms with E-state index in [-0.39, 0.29) is 11.1 Å². The molecule has 0 aliphatic carbocycles. The molecule has 6 heteroatoms. The summed E-state index contributed by atoms with van der Waals surface area (Å²) < 4.78 is 13.6. The fraction of sp³-hybridized carbons (Fsp3) is 0.286. The zero-order valence-electron chi connectivity index (χ0n) is 11.2. The first-order chi connectivity index (χ1) is 9.67. The Hall–Kier alpha value is -1.46. The minimum absolute atomic E-state index is 0.110. The van der Waals surface area contributed by atoms with Gasteiger partial charge in [0.25, 0.3) is 0 Å². The maximum atomic E-state index is 13.6. The van der Waals surface area contributed by atoms with Gasteiger partial charge in [-0.2, -0.15) is 0 Å². The van der Waals surface area contributed by atoms with E-state index in [1.165, 1.54) is 17.4 Å². The lowest BCUT2D eigenvalue weighted by Crippen LogP contribution is -2.29. The molecule has 0 amide bonds. The van der Waals surface area contributed by atoms with Crippen LogP contribution in [0, 0.1) is 5.82 Å². The lowest BCUT2D eigenvalue weighted by atomic mass is 10.0. The molecule has 0 fully saturated rings. The SMILES string of the molecule is CC[C@@H](NC(=NC)c1nccs1)c1cccc(F)c1Cl. The molecule has 0 aliphatic heterocycles. The minimum atomic E-state index is -0.409. The molecule has 0 bridgehead atoms. The van der Waals surface area contributed by atoms with Crippen molar-refractivity contribution in [1.82, 2.24) is 10.3 Å². The lowest BCUT2D eigenvalue weighted by Gasteiger charge is -2.20. The first-order valence-corrected chi connectivity index (χ1v) is 7.50. The fourth-order valence-corrected chi connectivity index (χ4v) is 2.81. The molecule has 1 aromatic heterocycles. The summed E-state index contributed by atoms with van der Waals surface area (Å²) in [5, 5.41) is 6.13. The number of hydrogen-bond donors (Lipinski definition) is 1. The molecule has 2 rings (SSSR count). The molecular weight excluding hydrogens is 297 g/mol. The van der Waals surface area contributed by atoms with Crippen molar-refractivity contribution in [2.75, 3.05) is 7.05 Å². The van der Waals surface area contributed by atoms with Crippen molar-refractivity contribution in [3.8, 4) is 0 Å². The molecule has 1 atom stereocenters. The summed E-state index contributed by atoms with van der Waals surface area (Å²) >= 11 is 7.55. The van der Waals surface area contributed by atoms with E-state index in [1.807, 2.05) is 18.4 Å².